The van der Waals surface area contributed by atoms with Crippen molar-refractivity contribution in [3.8, 4) is 11.5 Å². The lowest BCUT2D eigenvalue weighted by Gasteiger charge is -2.33. The normalized spacial score (nSPS) is 26.3. The number of hydrogen-bond acceptors (Lipinski definition) is 4. The second-order valence-electron chi connectivity index (χ2n) is 5.24. The van der Waals surface area contributed by atoms with Crippen LogP contribution >= 0.6 is 0 Å². The zero-order valence-corrected chi connectivity index (χ0v) is 10.4. The summed E-state index contributed by atoms with van der Waals surface area (Å²) in [4.78, 5) is 2.60. The van der Waals surface area contributed by atoms with Crippen LogP contribution in [0.2, 0.25) is 0 Å². The quantitative estimate of drug-likeness (QED) is 0.810. The lowest BCUT2D eigenvalue weighted by atomic mass is 10.1. The minimum Gasteiger partial charge on any atom is -0.454 e. The minimum absolute atomic E-state index is 0.372. The molecule has 1 unspecified atom stereocenters. The molecular weight excluding hydrogens is 228 g/mol. The van der Waals surface area contributed by atoms with Crippen molar-refractivity contribution in [2.75, 3.05) is 33.0 Å². The Balaban J connectivity index is 1.66. The molecule has 1 N–H and O–H groups in total. The number of nitrogens with zero attached hydrogens (tertiary/aromatic N) is 1. The Bertz CT molecular complexity index is 469. The second-order valence-corrected chi connectivity index (χ2v) is 5.24. The first-order chi connectivity index (χ1) is 8.92. The molecule has 1 aromatic carbocycles. The number of nitrogens with one attached hydrogen (secondary N) is 1. The van der Waals surface area contributed by atoms with E-state index in [2.05, 4.69) is 22.3 Å². The number of piperazine rings is 1. The molecule has 1 saturated heterocycles. The molecule has 4 rings (SSSR count). The van der Waals surface area contributed by atoms with Crippen molar-refractivity contribution in [3.63, 3.8) is 0 Å². The Labute approximate surface area is 107 Å². The molecule has 2 aliphatic heterocycles. The van der Waals surface area contributed by atoms with Crippen molar-refractivity contribution in [2.45, 2.75) is 18.9 Å². The van der Waals surface area contributed by atoms with E-state index in [9.17, 15) is 0 Å². The average molecular weight is 246 g/mol. The zero-order valence-electron chi connectivity index (χ0n) is 10.4. The van der Waals surface area contributed by atoms with Crippen LogP contribution in [-0.4, -0.2) is 37.9 Å². The summed E-state index contributed by atoms with van der Waals surface area (Å²) in [5.41, 5.74) is 2.91. The Morgan fingerprint density at radius 1 is 1.11 bits per heavy atom. The van der Waals surface area contributed by atoms with Gasteiger partial charge in [0.15, 0.2) is 11.5 Å². The van der Waals surface area contributed by atoms with Gasteiger partial charge in [0.25, 0.3) is 0 Å². The van der Waals surface area contributed by atoms with Crippen LogP contribution in [0.15, 0.2) is 12.1 Å². The van der Waals surface area contributed by atoms with Crippen molar-refractivity contribution in [3.05, 3.63) is 23.3 Å². The molecule has 0 radical (unpaired) electrons. The molecular formula is C14H18N2O2. The summed E-state index contributed by atoms with van der Waals surface area (Å²) in [5.74, 6) is 1.85. The minimum atomic E-state index is 0.372. The molecule has 96 valence electrons. The van der Waals surface area contributed by atoms with Crippen LogP contribution in [0.3, 0.4) is 0 Å². The molecule has 1 aromatic rings. The molecule has 1 atom stereocenters. The maximum atomic E-state index is 5.51. The number of ether oxygens (including phenoxy) is 2. The monoisotopic (exact) mass is 246 g/mol. The number of rotatable bonds is 1. The Kier molecular flexibility index (Phi) is 2.45. The first-order valence-electron chi connectivity index (χ1n) is 6.79. The van der Waals surface area contributed by atoms with E-state index in [0.717, 1.165) is 37.7 Å². The zero-order chi connectivity index (χ0) is 11.9. The summed E-state index contributed by atoms with van der Waals surface area (Å²) in [6, 6.07) is 4.97. The molecule has 1 fully saturated rings. The fourth-order valence-electron chi connectivity index (χ4n) is 3.35. The molecule has 2 heterocycles. The first-order valence-corrected chi connectivity index (χ1v) is 6.79. The third-order valence-electron chi connectivity index (χ3n) is 4.27. The van der Waals surface area contributed by atoms with Gasteiger partial charge >= 0.3 is 0 Å². The predicted octanol–water partition coefficient (Wildman–Crippen LogP) is 1.31. The predicted molar refractivity (Wildman–Crippen MR) is 68.1 cm³/mol. The van der Waals surface area contributed by atoms with Crippen LogP contribution in [0.1, 0.15) is 23.6 Å². The molecule has 3 aliphatic rings. The van der Waals surface area contributed by atoms with Crippen molar-refractivity contribution >= 4 is 0 Å². The summed E-state index contributed by atoms with van der Waals surface area (Å²) >= 11 is 0. The van der Waals surface area contributed by atoms with Gasteiger partial charge in [-0.25, -0.2) is 0 Å². The summed E-state index contributed by atoms with van der Waals surface area (Å²) in [6.07, 6.45) is 2.40. The SMILES string of the molecule is c1c2c(cc3c1OCO3)C(N1CCNCC1)CC2. The van der Waals surface area contributed by atoms with Gasteiger partial charge in [-0.3, -0.25) is 4.90 Å². The van der Waals surface area contributed by atoms with Gasteiger partial charge in [0.1, 0.15) is 0 Å². The number of aryl methyl sites for hydroxylation is 1. The van der Waals surface area contributed by atoms with Crippen LogP contribution < -0.4 is 14.8 Å². The van der Waals surface area contributed by atoms with E-state index in [0.29, 0.717) is 12.8 Å². The van der Waals surface area contributed by atoms with Crippen LogP contribution in [-0.2, 0) is 6.42 Å². The van der Waals surface area contributed by atoms with E-state index in [1.165, 1.54) is 24.0 Å². The molecule has 4 nitrogen and oxygen atoms in total. The average Bonchev–Trinajstić information content (AvgIpc) is 3.02. The van der Waals surface area contributed by atoms with Gasteiger partial charge in [0, 0.05) is 32.2 Å². The lowest BCUT2D eigenvalue weighted by molar-refractivity contribution is 0.170. The first kappa shape index (κ1) is 10.6. The van der Waals surface area contributed by atoms with E-state index in [1.807, 2.05) is 0 Å². The largest absolute Gasteiger partial charge is 0.454 e. The second kappa shape index (κ2) is 4.14. The van der Waals surface area contributed by atoms with Gasteiger partial charge in [0.05, 0.1) is 0 Å². The van der Waals surface area contributed by atoms with E-state index < -0.39 is 0 Å². The van der Waals surface area contributed by atoms with Crippen LogP contribution in [0.5, 0.6) is 11.5 Å². The van der Waals surface area contributed by atoms with E-state index in [-0.39, 0.29) is 0 Å². The molecule has 0 amide bonds. The van der Waals surface area contributed by atoms with Gasteiger partial charge in [-0.15, -0.1) is 0 Å². The van der Waals surface area contributed by atoms with E-state index in [1.54, 1.807) is 0 Å². The maximum Gasteiger partial charge on any atom is 0.231 e. The highest BCUT2D eigenvalue weighted by Crippen LogP contribution is 2.43. The van der Waals surface area contributed by atoms with Crippen molar-refractivity contribution in [1.29, 1.82) is 0 Å². The maximum absolute atomic E-state index is 5.51. The molecule has 4 heteroatoms. The molecule has 0 aromatic heterocycles. The molecule has 18 heavy (non-hydrogen) atoms. The van der Waals surface area contributed by atoms with Gasteiger partial charge < -0.3 is 14.8 Å². The molecule has 1 aliphatic carbocycles. The Morgan fingerprint density at radius 2 is 1.89 bits per heavy atom. The number of fused-ring (bicyclic) bond motifs is 2. The smallest absolute Gasteiger partial charge is 0.231 e. The highest BCUT2D eigenvalue weighted by atomic mass is 16.7. The standard InChI is InChI=1S/C14H18N2O2/c1-2-12(16-5-3-15-4-6-16)11-8-14-13(7-10(1)11)17-9-18-14/h7-8,12,15H,1-6,9H2. The Hall–Kier alpha value is -1.26. The topological polar surface area (TPSA) is 33.7 Å². The van der Waals surface area contributed by atoms with Gasteiger partial charge in [-0.05, 0) is 36.1 Å². The van der Waals surface area contributed by atoms with E-state index >= 15 is 0 Å². The summed E-state index contributed by atoms with van der Waals surface area (Å²) in [6.45, 7) is 4.89. The highest BCUT2D eigenvalue weighted by Gasteiger charge is 2.31. The lowest BCUT2D eigenvalue weighted by Crippen LogP contribution is -2.44. The van der Waals surface area contributed by atoms with Crippen LogP contribution in [0.4, 0.5) is 0 Å². The molecule has 0 saturated carbocycles. The summed E-state index contributed by atoms with van der Waals surface area (Å²) < 4.78 is 11.0. The van der Waals surface area contributed by atoms with Crippen molar-refractivity contribution in [2.24, 2.45) is 0 Å². The van der Waals surface area contributed by atoms with Crippen LogP contribution in [0.25, 0.3) is 0 Å². The summed E-state index contributed by atoms with van der Waals surface area (Å²) in [7, 11) is 0. The van der Waals surface area contributed by atoms with E-state index in [4.69, 9.17) is 9.47 Å². The number of hydrogen-bond donors (Lipinski definition) is 1. The third-order valence-corrected chi connectivity index (χ3v) is 4.27. The molecule has 0 spiro atoms. The van der Waals surface area contributed by atoms with Crippen molar-refractivity contribution in [1.82, 2.24) is 10.2 Å². The summed E-state index contributed by atoms with van der Waals surface area (Å²) in [5, 5.41) is 3.42. The Morgan fingerprint density at radius 3 is 2.72 bits per heavy atom. The highest BCUT2D eigenvalue weighted by molar-refractivity contribution is 5.51. The van der Waals surface area contributed by atoms with Gasteiger partial charge in [0.2, 0.25) is 6.79 Å². The fourth-order valence-corrected chi connectivity index (χ4v) is 3.35. The van der Waals surface area contributed by atoms with Gasteiger partial charge in [-0.1, -0.05) is 0 Å². The number of benzene rings is 1. The van der Waals surface area contributed by atoms with Crippen molar-refractivity contribution < 1.29 is 9.47 Å². The van der Waals surface area contributed by atoms with Crippen LogP contribution in [0, 0.1) is 0 Å². The van der Waals surface area contributed by atoms with Gasteiger partial charge in [-0.2, -0.15) is 0 Å². The molecule has 0 bridgehead atoms. The third kappa shape index (κ3) is 1.60. The fraction of sp³-hybridized carbons (Fsp3) is 0.571.